The van der Waals surface area contributed by atoms with E-state index in [2.05, 4.69) is 10.3 Å². The zero-order chi connectivity index (χ0) is 19.8. The molecule has 0 spiro atoms. The van der Waals surface area contributed by atoms with Crippen LogP contribution in [-0.4, -0.2) is 41.7 Å². The normalized spacial score (nSPS) is 12.6. The average Bonchev–Trinajstić information content (AvgIpc) is 3.19. The Balaban J connectivity index is 1.48. The van der Waals surface area contributed by atoms with Crippen molar-refractivity contribution in [1.82, 2.24) is 10.3 Å². The molecule has 1 aliphatic heterocycles. The third-order valence-electron chi connectivity index (χ3n) is 4.44. The molecule has 28 heavy (non-hydrogen) atoms. The summed E-state index contributed by atoms with van der Waals surface area (Å²) in [4.78, 5) is 26.9. The number of hydrogen-bond acceptors (Lipinski definition) is 6. The summed E-state index contributed by atoms with van der Waals surface area (Å²) in [6.45, 7) is 1.53. The van der Waals surface area contributed by atoms with E-state index < -0.39 is 5.97 Å². The fourth-order valence-corrected chi connectivity index (χ4v) is 3.01. The van der Waals surface area contributed by atoms with E-state index in [0.29, 0.717) is 49.0 Å². The smallest absolute Gasteiger partial charge is 0.303 e. The second-order valence-corrected chi connectivity index (χ2v) is 6.56. The highest BCUT2D eigenvalue weighted by Gasteiger charge is 2.20. The lowest BCUT2D eigenvalue weighted by molar-refractivity contribution is -0.137. The maximum atomic E-state index is 12.4. The maximum Gasteiger partial charge on any atom is 0.303 e. The molecule has 0 atom stereocenters. The summed E-state index contributed by atoms with van der Waals surface area (Å²) in [7, 11) is 0. The number of carbonyl (C=O) groups is 2. The van der Waals surface area contributed by atoms with Gasteiger partial charge in [0.15, 0.2) is 29.3 Å². The Hall–Kier alpha value is -3.03. The summed E-state index contributed by atoms with van der Waals surface area (Å²) in [5, 5.41) is 11.4. The van der Waals surface area contributed by atoms with Crippen LogP contribution in [0.25, 0.3) is 11.3 Å². The second-order valence-electron chi connectivity index (χ2n) is 6.56. The van der Waals surface area contributed by atoms with Gasteiger partial charge in [-0.15, -0.1) is 0 Å². The van der Waals surface area contributed by atoms with E-state index in [0.717, 1.165) is 25.7 Å². The number of carboxylic acids is 1. The molecular formula is C20H24N2O6. The molecule has 0 fully saturated rings. The summed E-state index contributed by atoms with van der Waals surface area (Å²) in [6.07, 6.45) is 5.77. The average molecular weight is 388 g/mol. The summed E-state index contributed by atoms with van der Waals surface area (Å²) in [6, 6.07) is 5.38. The minimum atomic E-state index is -0.756. The van der Waals surface area contributed by atoms with Crippen molar-refractivity contribution in [2.75, 3.05) is 19.8 Å². The van der Waals surface area contributed by atoms with Crippen molar-refractivity contribution in [2.45, 2.75) is 38.5 Å². The van der Waals surface area contributed by atoms with Gasteiger partial charge in [-0.3, -0.25) is 9.59 Å². The lowest BCUT2D eigenvalue weighted by Gasteiger charge is -2.18. The SMILES string of the molecule is O=C(O)CCCCCCCNC(=O)c1ncoc1-c1ccc2c(c1)OCCO2. The van der Waals surface area contributed by atoms with Crippen LogP contribution in [0.4, 0.5) is 0 Å². The minimum absolute atomic E-state index is 0.214. The van der Waals surface area contributed by atoms with E-state index in [4.69, 9.17) is 19.0 Å². The number of unbranched alkanes of at least 4 members (excludes halogenated alkanes) is 4. The third kappa shape index (κ3) is 5.25. The fraction of sp³-hybridized carbons (Fsp3) is 0.450. The zero-order valence-corrected chi connectivity index (χ0v) is 15.6. The summed E-state index contributed by atoms with van der Waals surface area (Å²) in [5.74, 6) is 0.639. The topological polar surface area (TPSA) is 111 Å². The first kappa shape index (κ1) is 19.7. The van der Waals surface area contributed by atoms with Crippen molar-refractivity contribution in [3.05, 3.63) is 30.3 Å². The van der Waals surface area contributed by atoms with E-state index in [1.54, 1.807) is 12.1 Å². The van der Waals surface area contributed by atoms with Gasteiger partial charge in [0.1, 0.15) is 13.2 Å². The van der Waals surface area contributed by atoms with Gasteiger partial charge < -0.3 is 24.3 Å². The fourth-order valence-electron chi connectivity index (χ4n) is 3.01. The van der Waals surface area contributed by atoms with Gasteiger partial charge in [0.05, 0.1) is 0 Å². The molecule has 0 bridgehead atoms. The molecule has 3 rings (SSSR count). The van der Waals surface area contributed by atoms with Gasteiger partial charge in [0.25, 0.3) is 5.91 Å². The quantitative estimate of drug-likeness (QED) is 0.601. The largest absolute Gasteiger partial charge is 0.486 e. The van der Waals surface area contributed by atoms with Crippen LogP contribution in [0, 0.1) is 0 Å². The molecule has 1 aromatic carbocycles. The number of nitrogens with one attached hydrogen (secondary N) is 1. The third-order valence-corrected chi connectivity index (χ3v) is 4.44. The molecule has 0 saturated heterocycles. The minimum Gasteiger partial charge on any atom is -0.486 e. The van der Waals surface area contributed by atoms with E-state index in [1.165, 1.54) is 6.39 Å². The van der Waals surface area contributed by atoms with Crippen molar-refractivity contribution in [3.63, 3.8) is 0 Å². The Labute approximate surface area is 162 Å². The van der Waals surface area contributed by atoms with Crippen LogP contribution >= 0.6 is 0 Å². The molecule has 1 amide bonds. The molecule has 0 aliphatic carbocycles. The summed E-state index contributed by atoms with van der Waals surface area (Å²) < 4.78 is 16.5. The Kier molecular flexibility index (Phi) is 6.89. The molecule has 8 nitrogen and oxygen atoms in total. The van der Waals surface area contributed by atoms with Crippen molar-refractivity contribution in [3.8, 4) is 22.8 Å². The van der Waals surface area contributed by atoms with Crippen molar-refractivity contribution < 1.29 is 28.6 Å². The highest BCUT2D eigenvalue weighted by molar-refractivity contribution is 5.97. The van der Waals surface area contributed by atoms with E-state index >= 15 is 0 Å². The number of oxazole rings is 1. The highest BCUT2D eigenvalue weighted by Crippen LogP contribution is 2.35. The van der Waals surface area contributed by atoms with Crippen LogP contribution in [0.15, 0.2) is 29.0 Å². The van der Waals surface area contributed by atoms with Gasteiger partial charge in [-0.25, -0.2) is 4.98 Å². The lowest BCUT2D eigenvalue weighted by atomic mass is 10.1. The molecule has 0 radical (unpaired) electrons. The number of ether oxygens (including phenoxy) is 2. The van der Waals surface area contributed by atoms with Gasteiger partial charge in [-0.1, -0.05) is 19.3 Å². The van der Waals surface area contributed by atoms with Gasteiger partial charge in [-0.05, 0) is 31.0 Å². The first-order chi connectivity index (χ1) is 13.6. The molecule has 150 valence electrons. The van der Waals surface area contributed by atoms with Crippen molar-refractivity contribution >= 4 is 11.9 Å². The Bertz CT molecular complexity index is 817. The first-order valence-electron chi connectivity index (χ1n) is 9.48. The van der Waals surface area contributed by atoms with Gasteiger partial charge >= 0.3 is 5.97 Å². The van der Waals surface area contributed by atoms with Crippen LogP contribution in [0.3, 0.4) is 0 Å². The van der Waals surface area contributed by atoms with Gasteiger partial charge in [0.2, 0.25) is 0 Å². The highest BCUT2D eigenvalue weighted by atomic mass is 16.6. The second kappa shape index (κ2) is 9.77. The number of nitrogens with zero attached hydrogens (tertiary/aromatic N) is 1. The molecule has 0 unspecified atom stereocenters. The lowest BCUT2D eigenvalue weighted by Crippen LogP contribution is -2.25. The number of rotatable bonds is 10. The standard InChI is InChI=1S/C20H24N2O6/c23-17(24)6-4-2-1-3-5-9-21-20(25)18-19(28-13-22-18)14-7-8-15-16(12-14)27-11-10-26-15/h7-8,12-13H,1-6,9-11H2,(H,21,25)(H,23,24). The van der Waals surface area contributed by atoms with Crippen molar-refractivity contribution in [1.29, 1.82) is 0 Å². The number of carboxylic acid groups (broad SMARTS) is 1. The Morgan fingerprint density at radius 1 is 1.04 bits per heavy atom. The summed E-state index contributed by atoms with van der Waals surface area (Å²) >= 11 is 0. The molecule has 2 aromatic rings. The van der Waals surface area contributed by atoms with Crippen molar-refractivity contribution in [2.24, 2.45) is 0 Å². The number of fused-ring (bicyclic) bond motifs is 1. The number of hydrogen-bond donors (Lipinski definition) is 2. The molecule has 1 aliphatic rings. The molecule has 1 aromatic heterocycles. The van der Waals surface area contributed by atoms with E-state index in [-0.39, 0.29) is 18.0 Å². The number of aliphatic carboxylic acids is 1. The van der Waals surface area contributed by atoms with Gasteiger partial charge in [-0.2, -0.15) is 0 Å². The zero-order valence-electron chi connectivity index (χ0n) is 15.6. The predicted molar refractivity (Wildman–Crippen MR) is 101 cm³/mol. The summed E-state index contributed by atoms with van der Waals surface area (Å²) in [5.41, 5.74) is 0.934. The number of amides is 1. The van der Waals surface area contributed by atoms with E-state index in [1.807, 2.05) is 6.07 Å². The van der Waals surface area contributed by atoms with Crippen LogP contribution in [0.1, 0.15) is 49.0 Å². The van der Waals surface area contributed by atoms with Crippen LogP contribution in [0.2, 0.25) is 0 Å². The molecule has 0 saturated carbocycles. The monoisotopic (exact) mass is 388 g/mol. The Morgan fingerprint density at radius 2 is 1.79 bits per heavy atom. The number of aromatic nitrogens is 1. The molecule has 8 heteroatoms. The molecule has 2 N–H and O–H groups in total. The van der Waals surface area contributed by atoms with Gasteiger partial charge in [0, 0.05) is 18.5 Å². The number of carbonyl (C=O) groups excluding carboxylic acids is 1. The molecular weight excluding hydrogens is 364 g/mol. The maximum absolute atomic E-state index is 12.4. The van der Waals surface area contributed by atoms with Crippen LogP contribution < -0.4 is 14.8 Å². The van der Waals surface area contributed by atoms with Crippen LogP contribution in [0.5, 0.6) is 11.5 Å². The predicted octanol–water partition coefficient (Wildman–Crippen LogP) is 3.27. The van der Waals surface area contributed by atoms with Crippen LogP contribution in [-0.2, 0) is 4.79 Å². The number of benzene rings is 1. The van der Waals surface area contributed by atoms with E-state index in [9.17, 15) is 9.59 Å². The Morgan fingerprint density at radius 3 is 2.61 bits per heavy atom. The first-order valence-corrected chi connectivity index (χ1v) is 9.48. The molecule has 2 heterocycles.